The Morgan fingerprint density at radius 3 is 2.50 bits per heavy atom. The molecule has 0 radical (unpaired) electrons. The number of methoxy groups -OCH3 is 1. The maximum atomic E-state index is 12.8. The lowest BCUT2D eigenvalue weighted by molar-refractivity contribution is 0.0600. The summed E-state index contributed by atoms with van der Waals surface area (Å²) in [6, 6.07) is 14.0. The molecule has 1 aliphatic heterocycles. The fourth-order valence-electron chi connectivity index (χ4n) is 3.05. The SMILES string of the molecule is COC(=O)c1ccc(CN2C(=O)c3ccc(N(C)C)cc3C2C#N)cc1. The fourth-order valence-corrected chi connectivity index (χ4v) is 3.05. The van der Waals surface area contributed by atoms with Crippen molar-refractivity contribution in [3.05, 3.63) is 64.7 Å². The number of hydrogen-bond acceptors (Lipinski definition) is 5. The Kier molecular flexibility index (Phi) is 4.63. The van der Waals surface area contributed by atoms with E-state index >= 15 is 0 Å². The smallest absolute Gasteiger partial charge is 0.337 e. The molecule has 132 valence electrons. The first-order chi connectivity index (χ1) is 12.5. The lowest BCUT2D eigenvalue weighted by Crippen LogP contribution is -2.26. The minimum absolute atomic E-state index is 0.158. The van der Waals surface area contributed by atoms with Gasteiger partial charge in [0.25, 0.3) is 5.91 Å². The van der Waals surface area contributed by atoms with Crippen LogP contribution in [0.25, 0.3) is 0 Å². The lowest BCUT2D eigenvalue weighted by atomic mass is 10.0. The predicted octanol–water partition coefficient (Wildman–Crippen LogP) is 2.76. The monoisotopic (exact) mass is 349 g/mol. The Morgan fingerprint density at radius 2 is 1.92 bits per heavy atom. The van der Waals surface area contributed by atoms with Gasteiger partial charge in [0.05, 0.1) is 18.7 Å². The lowest BCUT2D eigenvalue weighted by Gasteiger charge is -2.20. The number of carbonyl (C=O) groups excluding carboxylic acids is 2. The number of amides is 1. The molecule has 6 nitrogen and oxygen atoms in total. The highest BCUT2D eigenvalue weighted by atomic mass is 16.5. The van der Waals surface area contributed by atoms with Gasteiger partial charge in [0.2, 0.25) is 0 Å². The Balaban J connectivity index is 1.88. The molecule has 0 spiro atoms. The molecular formula is C20H19N3O3. The van der Waals surface area contributed by atoms with Gasteiger partial charge in [-0.05, 0) is 35.9 Å². The molecule has 1 atom stereocenters. The van der Waals surface area contributed by atoms with Gasteiger partial charge < -0.3 is 14.5 Å². The average molecular weight is 349 g/mol. The molecule has 2 aromatic rings. The summed E-state index contributed by atoms with van der Waals surface area (Å²) in [4.78, 5) is 27.8. The molecule has 1 aliphatic rings. The van der Waals surface area contributed by atoms with Crippen molar-refractivity contribution in [2.45, 2.75) is 12.6 Å². The van der Waals surface area contributed by atoms with Crippen molar-refractivity contribution < 1.29 is 14.3 Å². The summed E-state index contributed by atoms with van der Waals surface area (Å²) in [6.07, 6.45) is 0. The molecule has 3 rings (SSSR count). The minimum atomic E-state index is -0.627. The standard InChI is InChI=1S/C20H19N3O3/c1-22(2)15-8-9-16-17(10-15)18(11-21)23(19(16)24)12-13-4-6-14(7-5-13)20(25)26-3/h4-10,18H,12H2,1-3H3. The molecule has 26 heavy (non-hydrogen) atoms. The van der Waals surface area contributed by atoms with Gasteiger partial charge in [0.15, 0.2) is 0 Å². The van der Waals surface area contributed by atoms with E-state index in [4.69, 9.17) is 0 Å². The van der Waals surface area contributed by atoms with E-state index in [2.05, 4.69) is 10.8 Å². The molecule has 0 saturated carbocycles. The average Bonchev–Trinajstić information content (AvgIpc) is 2.92. The van der Waals surface area contributed by atoms with Crippen molar-refractivity contribution in [3.8, 4) is 6.07 Å². The molecule has 0 aliphatic carbocycles. The maximum absolute atomic E-state index is 12.8. The van der Waals surface area contributed by atoms with E-state index in [9.17, 15) is 14.9 Å². The van der Waals surface area contributed by atoms with Gasteiger partial charge >= 0.3 is 5.97 Å². The summed E-state index contributed by atoms with van der Waals surface area (Å²) in [5.41, 5.74) is 3.52. The molecule has 0 N–H and O–H groups in total. The molecule has 0 fully saturated rings. The van der Waals surface area contributed by atoms with Gasteiger partial charge in [0, 0.05) is 37.5 Å². The second-order valence-corrected chi connectivity index (χ2v) is 6.32. The Morgan fingerprint density at radius 1 is 1.23 bits per heavy atom. The van der Waals surface area contributed by atoms with E-state index in [0.29, 0.717) is 17.7 Å². The minimum Gasteiger partial charge on any atom is -0.465 e. The number of rotatable bonds is 4. The zero-order chi connectivity index (χ0) is 18.8. The number of carbonyl (C=O) groups is 2. The van der Waals surface area contributed by atoms with Crippen LogP contribution >= 0.6 is 0 Å². The topological polar surface area (TPSA) is 73.6 Å². The normalized spacial score (nSPS) is 15.4. The van der Waals surface area contributed by atoms with E-state index in [1.54, 1.807) is 35.2 Å². The zero-order valence-electron chi connectivity index (χ0n) is 14.9. The van der Waals surface area contributed by atoms with Gasteiger partial charge in [0.1, 0.15) is 6.04 Å². The Labute approximate surface area is 152 Å². The Bertz CT molecular complexity index is 898. The fraction of sp³-hybridized carbons (Fsp3) is 0.250. The third kappa shape index (κ3) is 3.00. The molecule has 0 aromatic heterocycles. The third-order valence-electron chi connectivity index (χ3n) is 4.50. The van der Waals surface area contributed by atoms with Crippen molar-refractivity contribution in [2.24, 2.45) is 0 Å². The van der Waals surface area contributed by atoms with Crippen LogP contribution < -0.4 is 4.90 Å². The number of hydrogen-bond donors (Lipinski definition) is 0. The van der Waals surface area contributed by atoms with E-state index in [1.165, 1.54) is 7.11 Å². The van der Waals surface area contributed by atoms with Crippen molar-refractivity contribution in [3.63, 3.8) is 0 Å². The van der Waals surface area contributed by atoms with Gasteiger partial charge in [-0.2, -0.15) is 5.26 Å². The summed E-state index contributed by atoms with van der Waals surface area (Å²) in [5.74, 6) is -0.568. The van der Waals surface area contributed by atoms with Crippen LogP contribution in [0.3, 0.4) is 0 Å². The first-order valence-corrected chi connectivity index (χ1v) is 8.15. The number of nitrogens with zero attached hydrogens (tertiary/aromatic N) is 3. The second-order valence-electron chi connectivity index (χ2n) is 6.32. The highest BCUT2D eigenvalue weighted by Crippen LogP contribution is 2.36. The maximum Gasteiger partial charge on any atom is 0.337 e. The van der Waals surface area contributed by atoms with Crippen LogP contribution in [-0.4, -0.2) is 38.0 Å². The van der Waals surface area contributed by atoms with E-state index in [-0.39, 0.29) is 5.91 Å². The molecule has 0 bridgehead atoms. The summed E-state index contributed by atoms with van der Waals surface area (Å²) in [7, 11) is 5.16. The first-order valence-electron chi connectivity index (χ1n) is 8.15. The molecule has 1 heterocycles. The van der Waals surface area contributed by atoms with Crippen LogP contribution in [0.4, 0.5) is 5.69 Å². The number of anilines is 1. The molecular weight excluding hydrogens is 330 g/mol. The number of benzene rings is 2. The third-order valence-corrected chi connectivity index (χ3v) is 4.50. The summed E-state index contributed by atoms with van der Waals surface area (Å²) >= 11 is 0. The van der Waals surface area contributed by atoms with E-state index in [0.717, 1.165) is 16.8 Å². The second kappa shape index (κ2) is 6.89. The molecule has 0 saturated heterocycles. The number of nitriles is 1. The van der Waals surface area contributed by atoms with Crippen LogP contribution in [0.5, 0.6) is 0 Å². The van der Waals surface area contributed by atoms with E-state index in [1.807, 2.05) is 31.1 Å². The van der Waals surface area contributed by atoms with Crippen LogP contribution in [0.2, 0.25) is 0 Å². The summed E-state index contributed by atoms with van der Waals surface area (Å²) in [5, 5.41) is 9.64. The van der Waals surface area contributed by atoms with Crippen LogP contribution in [0, 0.1) is 11.3 Å². The van der Waals surface area contributed by atoms with Crippen molar-refractivity contribution in [2.75, 3.05) is 26.1 Å². The largest absolute Gasteiger partial charge is 0.465 e. The van der Waals surface area contributed by atoms with Crippen molar-refractivity contribution in [1.82, 2.24) is 4.90 Å². The quantitative estimate of drug-likeness (QED) is 0.794. The predicted molar refractivity (Wildman–Crippen MR) is 96.8 cm³/mol. The zero-order valence-corrected chi connectivity index (χ0v) is 14.9. The molecule has 6 heteroatoms. The summed E-state index contributed by atoms with van der Waals surface area (Å²) < 4.78 is 4.68. The number of ether oxygens (including phenoxy) is 1. The first kappa shape index (κ1) is 17.5. The van der Waals surface area contributed by atoms with Crippen molar-refractivity contribution in [1.29, 1.82) is 5.26 Å². The van der Waals surface area contributed by atoms with Crippen LogP contribution in [0.15, 0.2) is 42.5 Å². The van der Waals surface area contributed by atoms with Gasteiger partial charge in [-0.15, -0.1) is 0 Å². The molecule has 1 amide bonds. The number of esters is 1. The van der Waals surface area contributed by atoms with Crippen molar-refractivity contribution >= 4 is 17.6 Å². The Hall–Kier alpha value is -3.33. The van der Waals surface area contributed by atoms with Crippen LogP contribution in [0.1, 0.15) is 37.9 Å². The summed E-state index contributed by atoms with van der Waals surface area (Å²) in [6.45, 7) is 0.296. The van der Waals surface area contributed by atoms with Gasteiger partial charge in [-0.3, -0.25) is 4.79 Å². The highest BCUT2D eigenvalue weighted by molar-refractivity contribution is 6.00. The molecule has 1 unspecified atom stereocenters. The molecule has 2 aromatic carbocycles. The number of fused-ring (bicyclic) bond motifs is 1. The van der Waals surface area contributed by atoms with Gasteiger partial charge in [-0.1, -0.05) is 12.1 Å². The van der Waals surface area contributed by atoms with Crippen LogP contribution in [-0.2, 0) is 11.3 Å². The van der Waals surface area contributed by atoms with Gasteiger partial charge in [-0.25, -0.2) is 4.79 Å². The highest BCUT2D eigenvalue weighted by Gasteiger charge is 2.37. The van der Waals surface area contributed by atoms with E-state index < -0.39 is 12.0 Å².